The summed E-state index contributed by atoms with van der Waals surface area (Å²) in [6.45, 7) is 3.11. The van der Waals surface area contributed by atoms with E-state index >= 15 is 0 Å². The summed E-state index contributed by atoms with van der Waals surface area (Å²) in [6.07, 6.45) is 10.00. The highest BCUT2D eigenvalue weighted by Gasteiger charge is 2.32. The maximum absolute atomic E-state index is 12.9. The molecule has 0 spiro atoms. The van der Waals surface area contributed by atoms with Gasteiger partial charge >= 0.3 is 0 Å². The van der Waals surface area contributed by atoms with Crippen molar-refractivity contribution >= 4 is 34.9 Å². The summed E-state index contributed by atoms with van der Waals surface area (Å²) < 4.78 is 0. The number of carbonyl (C=O) groups excluding carboxylic acids is 1. The lowest BCUT2D eigenvalue weighted by Crippen LogP contribution is -2.53. The molecular formula is C26H40N4OS2. The second kappa shape index (κ2) is 12.5. The van der Waals surface area contributed by atoms with Gasteiger partial charge in [0.2, 0.25) is 5.91 Å². The van der Waals surface area contributed by atoms with Gasteiger partial charge in [0, 0.05) is 44.4 Å². The fourth-order valence-corrected chi connectivity index (χ4v) is 6.78. The number of rotatable bonds is 9. The van der Waals surface area contributed by atoms with Crippen molar-refractivity contribution in [3.05, 3.63) is 35.9 Å². The van der Waals surface area contributed by atoms with Crippen molar-refractivity contribution in [2.24, 2.45) is 5.92 Å². The van der Waals surface area contributed by atoms with Crippen molar-refractivity contribution in [2.45, 2.75) is 76.0 Å². The number of likely N-dealkylation sites (N-methyl/N-ethyl adjacent to an activating group) is 1. The van der Waals surface area contributed by atoms with Crippen molar-refractivity contribution in [3.63, 3.8) is 0 Å². The average molecular weight is 489 g/mol. The number of hydrogen-bond donors (Lipinski definition) is 2. The second-order valence-corrected chi connectivity index (χ2v) is 11.5. The number of amides is 1. The molecule has 2 aliphatic heterocycles. The first-order chi connectivity index (χ1) is 16.1. The van der Waals surface area contributed by atoms with Crippen molar-refractivity contribution in [1.82, 2.24) is 20.4 Å². The van der Waals surface area contributed by atoms with Crippen LogP contribution >= 0.6 is 24.0 Å². The van der Waals surface area contributed by atoms with E-state index in [9.17, 15) is 4.79 Å². The Kier molecular flexibility index (Phi) is 9.47. The van der Waals surface area contributed by atoms with E-state index < -0.39 is 0 Å². The molecule has 33 heavy (non-hydrogen) atoms. The molecule has 3 aliphatic rings. The maximum Gasteiger partial charge on any atom is 0.238 e. The first-order valence-electron chi connectivity index (χ1n) is 12.7. The quantitative estimate of drug-likeness (QED) is 0.512. The van der Waals surface area contributed by atoms with Gasteiger partial charge in [0.05, 0.1) is 12.1 Å². The largest absolute Gasteiger partial charge is 0.363 e. The van der Waals surface area contributed by atoms with Crippen molar-refractivity contribution in [3.8, 4) is 0 Å². The van der Waals surface area contributed by atoms with Crippen molar-refractivity contribution in [1.29, 1.82) is 0 Å². The first-order valence-corrected chi connectivity index (χ1v) is 14.3. The van der Waals surface area contributed by atoms with Crippen LogP contribution < -0.4 is 10.6 Å². The molecule has 1 amide bonds. The van der Waals surface area contributed by atoms with Crippen LogP contribution in [0.15, 0.2) is 30.3 Å². The third kappa shape index (κ3) is 7.17. The van der Waals surface area contributed by atoms with E-state index in [1.54, 1.807) is 11.8 Å². The van der Waals surface area contributed by atoms with Crippen LogP contribution in [0.2, 0.25) is 0 Å². The fraction of sp³-hybridized carbons (Fsp3) is 0.692. The molecule has 0 aromatic heterocycles. The lowest BCUT2D eigenvalue weighted by Gasteiger charge is -2.33. The lowest BCUT2D eigenvalue weighted by atomic mass is 9.85. The highest BCUT2D eigenvalue weighted by molar-refractivity contribution is 7.99. The Bertz CT molecular complexity index is 765. The Morgan fingerprint density at radius 3 is 2.76 bits per heavy atom. The molecule has 3 atom stereocenters. The summed E-state index contributed by atoms with van der Waals surface area (Å²) in [7, 11) is 2.14. The number of carbonyl (C=O) groups is 1. The van der Waals surface area contributed by atoms with Crippen LogP contribution in [-0.2, 0) is 11.3 Å². The van der Waals surface area contributed by atoms with E-state index in [4.69, 9.17) is 12.2 Å². The minimum absolute atomic E-state index is 0.0463. The Morgan fingerprint density at radius 2 is 2.03 bits per heavy atom. The van der Waals surface area contributed by atoms with Gasteiger partial charge in [-0.1, -0.05) is 74.7 Å². The van der Waals surface area contributed by atoms with Crippen LogP contribution in [-0.4, -0.2) is 70.6 Å². The molecule has 1 unspecified atom stereocenters. The minimum Gasteiger partial charge on any atom is -0.363 e. The summed E-state index contributed by atoms with van der Waals surface area (Å²) >= 11 is 7.82. The predicted molar refractivity (Wildman–Crippen MR) is 142 cm³/mol. The van der Waals surface area contributed by atoms with E-state index in [1.807, 2.05) is 0 Å². The SMILES string of the molecule is CN(C(=S)[C@@H](CCC1CCCCC1)NC(=O)[C@@H]1CSCN1)C1CCN(Cc2ccccc2)C1. The molecule has 5 nitrogen and oxygen atoms in total. The number of benzene rings is 1. The molecule has 2 saturated heterocycles. The summed E-state index contributed by atoms with van der Waals surface area (Å²) in [5, 5.41) is 6.65. The van der Waals surface area contributed by atoms with Crippen LogP contribution in [0.4, 0.5) is 0 Å². The summed E-state index contributed by atoms with van der Waals surface area (Å²) in [4.78, 5) is 18.7. The summed E-state index contributed by atoms with van der Waals surface area (Å²) in [6, 6.07) is 11.0. The van der Waals surface area contributed by atoms with Gasteiger partial charge in [0.25, 0.3) is 0 Å². The van der Waals surface area contributed by atoms with Crippen LogP contribution in [0.5, 0.6) is 0 Å². The van der Waals surface area contributed by atoms with E-state index in [1.165, 1.54) is 37.7 Å². The lowest BCUT2D eigenvalue weighted by molar-refractivity contribution is -0.122. The molecule has 2 N–H and O–H groups in total. The Labute approximate surface area is 209 Å². The Hall–Kier alpha value is -1.15. The third-order valence-electron chi connectivity index (χ3n) is 7.63. The number of hydrogen-bond acceptors (Lipinski definition) is 5. The van der Waals surface area contributed by atoms with E-state index in [0.29, 0.717) is 6.04 Å². The van der Waals surface area contributed by atoms with Crippen LogP contribution in [0.25, 0.3) is 0 Å². The zero-order valence-electron chi connectivity index (χ0n) is 20.0. The molecule has 1 aromatic carbocycles. The monoisotopic (exact) mass is 488 g/mol. The first kappa shape index (κ1) is 25.0. The van der Waals surface area contributed by atoms with Gasteiger partial charge in [-0.2, -0.15) is 0 Å². The molecule has 7 heteroatoms. The van der Waals surface area contributed by atoms with Gasteiger partial charge in [0.15, 0.2) is 0 Å². The summed E-state index contributed by atoms with van der Waals surface area (Å²) in [5.74, 6) is 2.61. The molecular weight excluding hydrogens is 448 g/mol. The van der Waals surface area contributed by atoms with Gasteiger partial charge in [0.1, 0.15) is 4.99 Å². The number of thioether (sulfide) groups is 1. The highest BCUT2D eigenvalue weighted by Crippen LogP contribution is 2.28. The number of nitrogens with zero attached hydrogens (tertiary/aromatic N) is 2. The van der Waals surface area contributed by atoms with E-state index in [0.717, 1.165) is 61.4 Å². The van der Waals surface area contributed by atoms with Gasteiger partial charge in [-0.3, -0.25) is 15.0 Å². The standard InChI is InChI=1S/C26H40N4OS2/c1-29(22-14-15-30(17-22)16-21-10-6-3-7-11-21)26(32)23(13-12-20-8-4-2-5-9-20)28-25(31)24-18-33-19-27-24/h3,6-7,10-11,20,22-24,27H,2,4-5,8-9,12-19H2,1H3,(H,28,31)/t22?,23-,24+/m1/s1. The van der Waals surface area contributed by atoms with Crippen LogP contribution in [0.1, 0.15) is 56.9 Å². The highest BCUT2D eigenvalue weighted by atomic mass is 32.2. The number of likely N-dealkylation sites (tertiary alicyclic amines) is 1. The Morgan fingerprint density at radius 1 is 1.24 bits per heavy atom. The zero-order chi connectivity index (χ0) is 23.0. The normalized spacial score (nSPS) is 25.1. The molecule has 4 rings (SSSR count). The second-order valence-electron chi connectivity index (χ2n) is 10.0. The average Bonchev–Trinajstić information content (AvgIpc) is 3.55. The molecule has 3 fully saturated rings. The fourth-order valence-electron chi connectivity index (χ4n) is 5.51. The van der Waals surface area contributed by atoms with E-state index in [2.05, 4.69) is 57.8 Å². The van der Waals surface area contributed by atoms with Crippen LogP contribution in [0.3, 0.4) is 0 Å². The molecule has 0 radical (unpaired) electrons. The van der Waals surface area contributed by atoms with Gasteiger partial charge in [-0.25, -0.2) is 0 Å². The molecule has 1 aliphatic carbocycles. The third-order valence-corrected chi connectivity index (χ3v) is 9.14. The number of thiocarbonyl (C=S) groups is 1. The summed E-state index contributed by atoms with van der Waals surface area (Å²) in [5.41, 5.74) is 1.36. The predicted octanol–water partition coefficient (Wildman–Crippen LogP) is 4.03. The van der Waals surface area contributed by atoms with Crippen molar-refractivity contribution in [2.75, 3.05) is 31.8 Å². The molecule has 1 saturated carbocycles. The van der Waals surface area contributed by atoms with Crippen LogP contribution in [0, 0.1) is 5.92 Å². The van der Waals surface area contributed by atoms with Crippen molar-refractivity contribution < 1.29 is 4.79 Å². The van der Waals surface area contributed by atoms with Gasteiger partial charge in [-0.15, -0.1) is 11.8 Å². The topological polar surface area (TPSA) is 47.6 Å². The molecule has 0 bridgehead atoms. The molecule has 2 heterocycles. The van der Waals surface area contributed by atoms with Gasteiger partial charge in [-0.05, 0) is 30.7 Å². The van der Waals surface area contributed by atoms with E-state index in [-0.39, 0.29) is 18.0 Å². The smallest absolute Gasteiger partial charge is 0.238 e. The number of nitrogens with one attached hydrogen (secondary N) is 2. The molecule has 182 valence electrons. The Balaban J connectivity index is 1.34. The maximum atomic E-state index is 12.9. The molecule has 1 aromatic rings. The minimum atomic E-state index is -0.0897. The zero-order valence-corrected chi connectivity index (χ0v) is 21.6. The van der Waals surface area contributed by atoms with Gasteiger partial charge < -0.3 is 10.2 Å².